The van der Waals surface area contributed by atoms with Gasteiger partial charge in [-0.1, -0.05) is 28.1 Å². The number of benzene rings is 1. The maximum atomic E-state index is 13.6. The van der Waals surface area contributed by atoms with Crippen molar-refractivity contribution in [2.75, 3.05) is 26.1 Å². The fourth-order valence-electron chi connectivity index (χ4n) is 3.65. The summed E-state index contributed by atoms with van der Waals surface area (Å²) in [6, 6.07) is 7.26. The minimum absolute atomic E-state index is 0.115. The van der Waals surface area contributed by atoms with Gasteiger partial charge in [0.25, 0.3) is 0 Å². The average Bonchev–Trinajstić information content (AvgIpc) is 3.31. The Labute approximate surface area is 227 Å². The summed E-state index contributed by atoms with van der Waals surface area (Å²) in [6.45, 7) is 3.32. The maximum absolute atomic E-state index is 13.6. The Morgan fingerprint density at radius 2 is 1.66 bits per heavy atom. The molecule has 0 bridgehead atoms. The van der Waals surface area contributed by atoms with Gasteiger partial charge in [0.15, 0.2) is 17.3 Å². The Balaban J connectivity index is 1.84. The number of aryl methyl sites for hydroxylation is 1. The van der Waals surface area contributed by atoms with Crippen LogP contribution in [0.2, 0.25) is 0 Å². The molecule has 2 unspecified atom stereocenters. The lowest BCUT2D eigenvalue weighted by molar-refractivity contribution is 0.0949. The van der Waals surface area contributed by atoms with Crippen LogP contribution < -0.4 is 14.2 Å². The predicted octanol–water partition coefficient (Wildman–Crippen LogP) is 3.12. The van der Waals surface area contributed by atoms with E-state index in [0.29, 0.717) is 5.56 Å². The second-order valence-corrected chi connectivity index (χ2v) is 11.0. The maximum Gasteiger partial charge on any atom is 0.245 e. The first kappa shape index (κ1) is 27.3. The number of nitrogens with zero attached hydrogens (tertiary/aromatic N) is 7. The van der Waals surface area contributed by atoms with Gasteiger partial charge in [-0.15, -0.1) is 10.2 Å². The van der Waals surface area contributed by atoms with Crippen molar-refractivity contribution in [2.24, 2.45) is 0 Å². The number of anilines is 1. The topological polar surface area (TPSA) is 156 Å². The third-order valence-corrected chi connectivity index (χ3v) is 7.76. The number of methoxy groups -OCH3 is 3. The largest absolute Gasteiger partial charge is 0.479 e. The third-order valence-electron chi connectivity index (χ3n) is 5.57. The van der Waals surface area contributed by atoms with Crippen molar-refractivity contribution >= 4 is 31.9 Å². The molecule has 4 rings (SSSR count). The average molecular weight is 605 g/mol. The fraction of sp³-hybridized carbons (Fsp3) is 0.304. The van der Waals surface area contributed by atoms with E-state index in [1.165, 1.54) is 39.1 Å². The number of rotatable bonds is 10. The van der Waals surface area contributed by atoms with E-state index in [4.69, 9.17) is 14.2 Å². The van der Waals surface area contributed by atoms with Crippen molar-refractivity contribution in [1.82, 2.24) is 34.7 Å². The highest BCUT2D eigenvalue weighted by Gasteiger charge is 2.35. The van der Waals surface area contributed by atoms with Gasteiger partial charge in [-0.3, -0.25) is 9.29 Å². The molecule has 13 nitrogen and oxygen atoms in total. The summed E-state index contributed by atoms with van der Waals surface area (Å²) in [5, 5.41) is 7.31. The fourth-order valence-corrected chi connectivity index (χ4v) is 5.18. The molecule has 0 radical (unpaired) electrons. The Morgan fingerprint density at radius 1 is 1.00 bits per heavy atom. The van der Waals surface area contributed by atoms with Gasteiger partial charge in [-0.05, 0) is 31.5 Å². The van der Waals surface area contributed by atoms with Crippen molar-refractivity contribution < 1.29 is 22.6 Å². The molecule has 0 aliphatic rings. The summed E-state index contributed by atoms with van der Waals surface area (Å²) in [6.07, 6.45) is 3.49. The van der Waals surface area contributed by atoms with Gasteiger partial charge in [0.05, 0.1) is 14.2 Å². The lowest BCUT2D eigenvalue weighted by Crippen LogP contribution is -2.33. The van der Waals surface area contributed by atoms with Gasteiger partial charge < -0.3 is 14.2 Å². The molecule has 0 aliphatic heterocycles. The quantitative estimate of drug-likeness (QED) is 0.283. The highest BCUT2D eigenvalue weighted by molar-refractivity contribution is 9.10. The molecule has 4 aromatic rings. The molecular weight excluding hydrogens is 580 g/mol. The predicted molar refractivity (Wildman–Crippen MR) is 142 cm³/mol. The van der Waals surface area contributed by atoms with Gasteiger partial charge in [0.2, 0.25) is 27.7 Å². The van der Waals surface area contributed by atoms with Crippen LogP contribution in [-0.4, -0.2) is 69.7 Å². The van der Waals surface area contributed by atoms with Crippen molar-refractivity contribution in [1.29, 1.82) is 0 Å². The molecule has 0 fully saturated rings. The van der Waals surface area contributed by atoms with Crippen LogP contribution in [0.15, 0.2) is 47.5 Å². The summed E-state index contributed by atoms with van der Waals surface area (Å²) in [5.74, 6) is 0.603. The molecule has 1 aromatic carbocycles. The molecule has 0 saturated carbocycles. The molecular formula is C23H25BrN8O5S. The highest BCUT2D eigenvalue weighted by Crippen LogP contribution is 2.36. The zero-order chi connectivity index (χ0) is 27.4. The van der Waals surface area contributed by atoms with E-state index in [2.05, 4.69) is 50.8 Å². The van der Waals surface area contributed by atoms with Crippen molar-refractivity contribution in [3.8, 4) is 28.8 Å². The van der Waals surface area contributed by atoms with Crippen LogP contribution in [0.25, 0.3) is 17.1 Å². The molecule has 3 aromatic heterocycles. The van der Waals surface area contributed by atoms with E-state index in [1.54, 1.807) is 24.5 Å². The number of ether oxygens (including phenoxy) is 3. The van der Waals surface area contributed by atoms with Crippen LogP contribution in [0, 0.1) is 6.92 Å². The number of sulfonamides is 1. The Bertz CT molecular complexity index is 1510. The number of halogens is 1. The van der Waals surface area contributed by atoms with Crippen LogP contribution >= 0.6 is 15.9 Å². The van der Waals surface area contributed by atoms with Gasteiger partial charge in [0, 0.05) is 29.5 Å². The summed E-state index contributed by atoms with van der Waals surface area (Å²) in [5.41, 5.74) is 1.66. The monoisotopic (exact) mass is 604 g/mol. The molecule has 0 saturated heterocycles. The van der Waals surface area contributed by atoms with E-state index in [0.717, 1.165) is 10.0 Å². The lowest BCUT2D eigenvalue weighted by Gasteiger charge is -2.22. The van der Waals surface area contributed by atoms with Crippen LogP contribution in [0.4, 0.5) is 5.95 Å². The molecule has 0 amide bonds. The van der Waals surface area contributed by atoms with Gasteiger partial charge in [-0.2, -0.15) is 9.97 Å². The summed E-state index contributed by atoms with van der Waals surface area (Å²) in [4.78, 5) is 16.8. The minimum Gasteiger partial charge on any atom is -0.479 e. The van der Waals surface area contributed by atoms with E-state index < -0.39 is 21.4 Å². The first-order valence-electron chi connectivity index (χ1n) is 11.2. The standard InChI is InChI=1S/C23H25BrN8O5S/c1-13-10-25-19(26-11-13)18(35-3)14(2)38(33,34)31-23-30-29-20(15-7-6-8-16(24)9-15)32(23)17-21(36-4)27-12-28-22(17)37-5/h6-12,14,18H,1-5H3,(H,30,31). The Morgan fingerprint density at radius 3 is 2.24 bits per heavy atom. The zero-order valence-corrected chi connectivity index (χ0v) is 23.6. The molecule has 15 heteroatoms. The lowest BCUT2D eigenvalue weighted by atomic mass is 10.2. The number of hydrogen-bond acceptors (Lipinski definition) is 11. The number of hydrogen-bond donors (Lipinski definition) is 1. The molecule has 38 heavy (non-hydrogen) atoms. The molecule has 3 heterocycles. The summed E-state index contributed by atoms with van der Waals surface area (Å²) < 4.78 is 48.3. The van der Waals surface area contributed by atoms with Crippen LogP contribution in [-0.2, 0) is 14.8 Å². The SMILES string of the molecule is COc1ncnc(OC)c1-n1c(NS(=O)(=O)C(C)C(OC)c2ncc(C)cn2)nnc1-c1cccc(Br)c1. The third kappa shape index (κ3) is 5.44. The molecule has 200 valence electrons. The van der Waals surface area contributed by atoms with Gasteiger partial charge in [-0.25, -0.2) is 18.4 Å². The van der Waals surface area contributed by atoms with Gasteiger partial charge in [0.1, 0.15) is 17.7 Å². The number of nitrogens with one attached hydrogen (secondary N) is 1. The zero-order valence-electron chi connectivity index (χ0n) is 21.2. The smallest absolute Gasteiger partial charge is 0.245 e. The van der Waals surface area contributed by atoms with Crippen molar-refractivity contribution in [3.05, 3.63) is 58.8 Å². The second kappa shape index (κ2) is 11.4. The summed E-state index contributed by atoms with van der Waals surface area (Å²) >= 11 is 3.45. The number of aromatic nitrogens is 7. The molecule has 1 N–H and O–H groups in total. The van der Waals surface area contributed by atoms with E-state index >= 15 is 0 Å². The first-order valence-corrected chi connectivity index (χ1v) is 13.5. The Kier molecular flexibility index (Phi) is 8.18. The van der Waals surface area contributed by atoms with E-state index in [9.17, 15) is 8.42 Å². The Hall–Kier alpha value is -3.69. The molecule has 2 atom stereocenters. The van der Waals surface area contributed by atoms with Gasteiger partial charge >= 0.3 is 0 Å². The van der Waals surface area contributed by atoms with Crippen LogP contribution in [0.5, 0.6) is 11.8 Å². The van der Waals surface area contributed by atoms with E-state index in [1.807, 2.05) is 19.1 Å². The normalized spacial score (nSPS) is 13.1. The highest BCUT2D eigenvalue weighted by atomic mass is 79.9. The van der Waals surface area contributed by atoms with Crippen LogP contribution in [0.1, 0.15) is 24.4 Å². The van der Waals surface area contributed by atoms with Crippen LogP contribution in [0.3, 0.4) is 0 Å². The second-order valence-electron chi connectivity index (χ2n) is 8.06. The first-order chi connectivity index (χ1) is 18.2. The molecule has 0 spiro atoms. The van der Waals surface area contributed by atoms with E-state index in [-0.39, 0.29) is 35.0 Å². The summed E-state index contributed by atoms with van der Waals surface area (Å²) in [7, 11) is 0.0975. The molecule has 0 aliphatic carbocycles. The van der Waals surface area contributed by atoms with Crippen molar-refractivity contribution in [3.63, 3.8) is 0 Å². The minimum atomic E-state index is -4.14. The van der Waals surface area contributed by atoms with Crippen molar-refractivity contribution in [2.45, 2.75) is 25.2 Å².